The van der Waals surface area contributed by atoms with Crippen molar-refractivity contribution in [2.75, 3.05) is 11.3 Å². The van der Waals surface area contributed by atoms with E-state index < -0.39 is 33.8 Å². The number of benzene rings is 2. The van der Waals surface area contributed by atoms with Gasteiger partial charge in [0.25, 0.3) is 15.9 Å². The van der Waals surface area contributed by atoms with Gasteiger partial charge in [0.1, 0.15) is 5.82 Å². The summed E-state index contributed by atoms with van der Waals surface area (Å²) in [6, 6.07) is 8.92. The molecular formula is C19H21FN2O5S. The standard InChI is InChI=1S/C19H21FN2O5S/c1-4-21-18(23)13(3)27-19(24)14-5-8-16(9-6-14)22-28(25,26)17-10-7-15(20)11-12(17)2/h5-11,13,22H,4H2,1-3H3,(H,21,23)/t13-/m1/s1. The SMILES string of the molecule is CCNC(=O)[C@@H](C)OC(=O)c1ccc(NS(=O)(=O)c2ccc(F)cc2C)cc1. The van der Waals surface area contributed by atoms with Crippen LogP contribution in [0.15, 0.2) is 47.4 Å². The van der Waals surface area contributed by atoms with Crippen LogP contribution in [0.4, 0.5) is 10.1 Å². The molecule has 0 aliphatic rings. The number of esters is 1. The molecule has 0 unspecified atom stereocenters. The van der Waals surface area contributed by atoms with Crippen molar-refractivity contribution in [2.45, 2.75) is 31.8 Å². The number of rotatable bonds is 7. The highest BCUT2D eigenvalue weighted by Crippen LogP contribution is 2.20. The van der Waals surface area contributed by atoms with Gasteiger partial charge in [-0.1, -0.05) is 0 Å². The number of likely N-dealkylation sites (N-methyl/N-ethyl adjacent to an activating group) is 1. The van der Waals surface area contributed by atoms with Crippen LogP contribution in [0.5, 0.6) is 0 Å². The average molecular weight is 408 g/mol. The first-order valence-corrected chi connectivity index (χ1v) is 10.00. The van der Waals surface area contributed by atoms with Crippen LogP contribution in [0.1, 0.15) is 29.8 Å². The number of carbonyl (C=O) groups is 2. The van der Waals surface area contributed by atoms with Crippen LogP contribution in [-0.2, 0) is 19.6 Å². The summed E-state index contributed by atoms with van der Waals surface area (Å²) in [6.07, 6.45) is -0.952. The smallest absolute Gasteiger partial charge is 0.338 e. The van der Waals surface area contributed by atoms with Crippen molar-refractivity contribution in [1.29, 1.82) is 0 Å². The summed E-state index contributed by atoms with van der Waals surface area (Å²) in [5, 5.41) is 2.54. The number of aryl methyl sites for hydroxylation is 1. The summed E-state index contributed by atoms with van der Waals surface area (Å²) in [5.74, 6) is -1.64. The Bertz CT molecular complexity index is 974. The molecule has 0 aliphatic heterocycles. The molecule has 0 heterocycles. The lowest BCUT2D eigenvalue weighted by Crippen LogP contribution is -2.35. The van der Waals surface area contributed by atoms with Crippen molar-refractivity contribution in [3.63, 3.8) is 0 Å². The number of amides is 1. The Labute approximate surface area is 163 Å². The highest BCUT2D eigenvalue weighted by molar-refractivity contribution is 7.92. The van der Waals surface area contributed by atoms with E-state index in [-0.39, 0.29) is 21.7 Å². The first kappa shape index (κ1) is 21.4. The Kier molecular flexibility index (Phi) is 6.74. The number of halogens is 1. The summed E-state index contributed by atoms with van der Waals surface area (Å²) in [5.41, 5.74) is 0.654. The molecule has 0 saturated heterocycles. The Balaban J connectivity index is 2.10. The summed E-state index contributed by atoms with van der Waals surface area (Å²) in [4.78, 5) is 23.6. The lowest BCUT2D eigenvalue weighted by Gasteiger charge is -2.13. The summed E-state index contributed by atoms with van der Waals surface area (Å²) >= 11 is 0. The van der Waals surface area contributed by atoms with Gasteiger partial charge in [-0.25, -0.2) is 17.6 Å². The van der Waals surface area contributed by atoms with Gasteiger partial charge < -0.3 is 10.1 Å². The van der Waals surface area contributed by atoms with E-state index in [2.05, 4.69) is 10.0 Å². The van der Waals surface area contributed by atoms with E-state index in [1.807, 2.05) is 0 Å². The Morgan fingerprint density at radius 2 is 1.79 bits per heavy atom. The van der Waals surface area contributed by atoms with E-state index in [4.69, 9.17) is 4.74 Å². The fraction of sp³-hybridized carbons (Fsp3) is 0.263. The van der Waals surface area contributed by atoms with Gasteiger partial charge in [-0.05, 0) is 68.8 Å². The van der Waals surface area contributed by atoms with Crippen molar-refractivity contribution in [3.8, 4) is 0 Å². The van der Waals surface area contributed by atoms with Crippen LogP contribution in [0.2, 0.25) is 0 Å². The van der Waals surface area contributed by atoms with Crippen molar-refractivity contribution in [1.82, 2.24) is 5.32 Å². The van der Waals surface area contributed by atoms with E-state index in [1.54, 1.807) is 6.92 Å². The number of hydrogen-bond acceptors (Lipinski definition) is 5. The van der Waals surface area contributed by atoms with Crippen LogP contribution in [0, 0.1) is 12.7 Å². The minimum atomic E-state index is -3.92. The molecule has 0 fully saturated rings. The van der Waals surface area contributed by atoms with Crippen LogP contribution in [-0.4, -0.2) is 32.9 Å². The van der Waals surface area contributed by atoms with Gasteiger partial charge >= 0.3 is 5.97 Å². The Morgan fingerprint density at radius 1 is 1.14 bits per heavy atom. The molecule has 0 bridgehead atoms. The van der Waals surface area contributed by atoms with E-state index in [0.717, 1.165) is 12.1 Å². The maximum Gasteiger partial charge on any atom is 0.338 e. The van der Waals surface area contributed by atoms with Crippen molar-refractivity contribution in [3.05, 3.63) is 59.4 Å². The van der Waals surface area contributed by atoms with Gasteiger partial charge in [-0.2, -0.15) is 0 Å². The van der Waals surface area contributed by atoms with Gasteiger partial charge in [-0.15, -0.1) is 0 Å². The second-order valence-electron chi connectivity index (χ2n) is 6.03. The molecule has 0 saturated carbocycles. The average Bonchev–Trinajstić information content (AvgIpc) is 2.61. The molecule has 1 amide bonds. The van der Waals surface area contributed by atoms with Crippen LogP contribution in [0.3, 0.4) is 0 Å². The van der Waals surface area contributed by atoms with Crippen LogP contribution in [0.25, 0.3) is 0 Å². The maximum atomic E-state index is 13.2. The lowest BCUT2D eigenvalue weighted by atomic mass is 10.2. The minimum Gasteiger partial charge on any atom is -0.449 e. The summed E-state index contributed by atoms with van der Waals surface area (Å²) < 4.78 is 45.5. The molecule has 2 N–H and O–H groups in total. The molecule has 2 aromatic carbocycles. The minimum absolute atomic E-state index is 0.0480. The molecule has 9 heteroatoms. The molecule has 1 atom stereocenters. The first-order valence-electron chi connectivity index (χ1n) is 8.51. The monoisotopic (exact) mass is 408 g/mol. The number of nitrogens with one attached hydrogen (secondary N) is 2. The molecule has 0 aromatic heterocycles. The van der Waals surface area contributed by atoms with E-state index in [9.17, 15) is 22.4 Å². The molecule has 0 spiro atoms. The zero-order valence-electron chi connectivity index (χ0n) is 15.7. The first-order chi connectivity index (χ1) is 13.1. The van der Waals surface area contributed by atoms with Crippen molar-refractivity contribution >= 4 is 27.6 Å². The summed E-state index contributed by atoms with van der Waals surface area (Å²) in [7, 11) is -3.92. The predicted octanol–water partition coefficient (Wildman–Crippen LogP) is 2.62. The van der Waals surface area contributed by atoms with E-state index in [1.165, 1.54) is 44.2 Å². The van der Waals surface area contributed by atoms with Gasteiger partial charge in [0, 0.05) is 12.2 Å². The highest BCUT2D eigenvalue weighted by atomic mass is 32.2. The van der Waals surface area contributed by atoms with E-state index in [0.29, 0.717) is 6.54 Å². The topological polar surface area (TPSA) is 102 Å². The molecule has 150 valence electrons. The third-order valence-electron chi connectivity index (χ3n) is 3.80. The number of hydrogen-bond donors (Lipinski definition) is 2. The molecule has 2 rings (SSSR count). The van der Waals surface area contributed by atoms with Gasteiger partial charge in [0.15, 0.2) is 6.10 Å². The zero-order valence-corrected chi connectivity index (χ0v) is 16.5. The summed E-state index contributed by atoms with van der Waals surface area (Å²) in [6.45, 7) is 5.12. The Morgan fingerprint density at radius 3 is 2.36 bits per heavy atom. The molecule has 28 heavy (non-hydrogen) atoms. The molecule has 2 aromatic rings. The third kappa shape index (κ3) is 5.29. The van der Waals surface area contributed by atoms with Gasteiger partial charge in [-0.3, -0.25) is 9.52 Å². The second kappa shape index (κ2) is 8.83. The van der Waals surface area contributed by atoms with Crippen LogP contribution < -0.4 is 10.0 Å². The number of anilines is 1. The Hall–Kier alpha value is -2.94. The second-order valence-corrected chi connectivity index (χ2v) is 7.69. The normalized spacial score (nSPS) is 12.1. The van der Waals surface area contributed by atoms with Crippen molar-refractivity contribution in [2.24, 2.45) is 0 Å². The predicted molar refractivity (Wildman–Crippen MR) is 102 cm³/mol. The molecule has 0 aliphatic carbocycles. The quantitative estimate of drug-likeness (QED) is 0.686. The number of ether oxygens (including phenoxy) is 1. The number of carbonyl (C=O) groups excluding carboxylic acids is 2. The third-order valence-corrected chi connectivity index (χ3v) is 5.34. The zero-order chi connectivity index (χ0) is 20.9. The maximum absolute atomic E-state index is 13.2. The van der Waals surface area contributed by atoms with E-state index >= 15 is 0 Å². The van der Waals surface area contributed by atoms with Crippen LogP contribution >= 0.6 is 0 Å². The fourth-order valence-electron chi connectivity index (χ4n) is 2.40. The lowest BCUT2D eigenvalue weighted by molar-refractivity contribution is -0.128. The largest absolute Gasteiger partial charge is 0.449 e. The molecule has 7 nitrogen and oxygen atoms in total. The fourth-order valence-corrected chi connectivity index (χ4v) is 3.69. The molecular weight excluding hydrogens is 387 g/mol. The van der Waals surface area contributed by atoms with Crippen molar-refractivity contribution < 1.29 is 27.1 Å². The number of sulfonamides is 1. The molecule has 0 radical (unpaired) electrons. The van der Waals surface area contributed by atoms with Gasteiger partial charge in [0.05, 0.1) is 10.5 Å². The van der Waals surface area contributed by atoms with Gasteiger partial charge in [0.2, 0.25) is 0 Å². The highest BCUT2D eigenvalue weighted by Gasteiger charge is 2.20.